The Morgan fingerprint density at radius 2 is 1.67 bits per heavy atom. The highest BCUT2D eigenvalue weighted by atomic mass is 35.5. The number of ether oxygens (including phenoxy) is 1. The molecule has 0 spiro atoms. The van der Waals surface area contributed by atoms with Gasteiger partial charge in [-0.05, 0) is 54.3 Å². The molecule has 24 heavy (non-hydrogen) atoms. The van der Waals surface area contributed by atoms with Gasteiger partial charge in [-0.3, -0.25) is 0 Å². The van der Waals surface area contributed by atoms with Crippen molar-refractivity contribution in [2.75, 3.05) is 13.7 Å². The molecule has 2 rings (SSSR count). The number of halogens is 3. The summed E-state index contributed by atoms with van der Waals surface area (Å²) in [6, 6.07) is 11.9. The Labute approximate surface area is 159 Å². The van der Waals surface area contributed by atoms with Gasteiger partial charge < -0.3 is 10.1 Å². The number of rotatable bonds is 8. The van der Waals surface area contributed by atoms with Crippen LogP contribution in [0.2, 0.25) is 15.1 Å². The summed E-state index contributed by atoms with van der Waals surface area (Å²) >= 11 is 18.3. The molecule has 0 bridgehead atoms. The molecule has 0 aliphatic carbocycles. The van der Waals surface area contributed by atoms with Gasteiger partial charge in [0.2, 0.25) is 0 Å². The lowest BCUT2D eigenvalue weighted by molar-refractivity contribution is 0.100. The van der Waals surface area contributed by atoms with E-state index in [1.165, 1.54) is 0 Å². The second-order valence-electron chi connectivity index (χ2n) is 5.66. The Kier molecular flexibility index (Phi) is 7.86. The first kappa shape index (κ1) is 19.6. The summed E-state index contributed by atoms with van der Waals surface area (Å²) in [5, 5.41) is 5.36. The Bertz CT molecular complexity index is 672. The lowest BCUT2D eigenvalue weighted by Gasteiger charge is -2.16. The fourth-order valence-corrected chi connectivity index (χ4v) is 3.26. The molecule has 0 radical (unpaired) electrons. The first-order valence-corrected chi connectivity index (χ1v) is 9.14. The highest BCUT2D eigenvalue weighted by molar-refractivity contribution is 6.42. The van der Waals surface area contributed by atoms with Crippen LogP contribution < -0.4 is 5.32 Å². The van der Waals surface area contributed by atoms with Gasteiger partial charge in [-0.2, -0.15) is 0 Å². The molecule has 2 aromatic carbocycles. The Morgan fingerprint density at radius 1 is 0.958 bits per heavy atom. The van der Waals surface area contributed by atoms with Gasteiger partial charge in [0.1, 0.15) is 0 Å². The van der Waals surface area contributed by atoms with E-state index >= 15 is 0 Å². The van der Waals surface area contributed by atoms with Crippen LogP contribution >= 0.6 is 34.8 Å². The van der Waals surface area contributed by atoms with Gasteiger partial charge in [-0.15, -0.1) is 0 Å². The lowest BCUT2D eigenvalue weighted by atomic mass is 10.0. The Morgan fingerprint density at radius 3 is 2.29 bits per heavy atom. The molecule has 0 saturated heterocycles. The number of benzene rings is 2. The number of nitrogens with one attached hydrogen (secondary N) is 1. The van der Waals surface area contributed by atoms with Gasteiger partial charge in [0, 0.05) is 18.7 Å². The van der Waals surface area contributed by atoms with E-state index in [0.29, 0.717) is 10.0 Å². The topological polar surface area (TPSA) is 21.3 Å². The number of hydrogen-bond donors (Lipinski definition) is 1. The molecule has 1 atom stereocenters. The van der Waals surface area contributed by atoms with Gasteiger partial charge in [0.15, 0.2) is 0 Å². The van der Waals surface area contributed by atoms with Gasteiger partial charge in [0.05, 0.1) is 16.1 Å². The van der Waals surface area contributed by atoms with Crippen molar-refractivity contribution in [3.05, 3.63) is 68.2 Å². The fraction of sp³-hybridized carbons (Fsp3) is 0.368. The van der Waals surface area contributed by atoms with E-state index in [4.69, 9.17) is 39.5 Å². The fourth-order valence-electron chi connectivity index (χ4n) is 2.62. The van der Waals surface area contributed by atoms with Crippen LogP contribution in [0.3, 0.4) is 0 Å². The zero-order chi connectivity index (χ0) is 17.5. The van der Waals surface area contributed by atoms with Crippen molar-refractivity contribution in [2.45, 2.75) is 32.4 Å². The highest BCUT2D eigenvalue weighted by Crippen LogP contribution is 2.28. The summed E-state index contributed by atoms with van der Waals surface area (Å²) < 4.78 is 5.45. The predicted octanol–water partition coefficient (Wildman–Crippen LogP) is 6.08. The first-order chi connectivity index (χ1) is 11.5. The maximum absolute atomic E-state index is 6.39. The summed E-state index contributed by atoms with van der Waals surface area (Å²) in [7, 11) is 1.71. The molecule has 1 N–H and O–H groups in total. The standard InChI is InChI=1S/C19H22Cl3NO/c1-3-19(24-2)15-6-4-14(11-17(15)21)12-23-9-8-13-5-7-16(20)18(22)10-13/h4-7,10-11,19,23H,3,8-9,12H2,1-2H3. The van der Waals surface area contributed by atoms with Crippen LogP contribution in [0.5, 0.6) is 0 Å². The molecule has 1 unspecified atom stereocenters. The van der Waals surface area contributed by atoms with Gasteiger partial charge in [-0.25, -0.2) is 0 Å². The molecule has 130 valence electrons. The second kappa shape index (κ2) is 9.65. The van der Waals surface area contributed by atoms with Gasteiger partial charge >= 0.3 is 0 Å². The third-order valence-corrected chi connectivity index (χ3v) is 5.04. The summed E-state index contributed by atoms with van der Waals surface area (Å²) in [5.41, 5.74) is 3.36. The second-order valence-corrected chi connectivity index (χ2v) is 6.89. The molecule has 0 amide bonds. The molecule has 2 aromatic rings. The molecule has 5 heteroatoms. The minimum atomic E-state index is 0.0502. The SMILES string of the molecule is CCC(OC)c1ccc(CNCCc2ccc(Cl)c(Cl)c2)cc1Cl. The van der Waals surface area contributed by atoms with E-state index in [2.05, 4.69) is 24.4 Å². The van der Waals surface area contributed by atoms with Crippen molar-refractivity contribution < 1.29 is 4.74 Å². The van der Waals surface area contributed by atoms with Crippen LogP contribution in [-0.2, 0) is 17.7 Å². The van der Waals surface area contributed by atoms with E-state index in [1.54, 1.807) is 7.11 Å². The van der Waals surface area contributed by atoms with Crippen LogP contribution in [0.15, 0.2) is 36.4 Å². The Balaban J connectivity index is 1.86. The smallest absolute Gasteiger partial charge is 0.0832 e. The normalized spacial score (nSPS) is 12.4. The quantitative estimate of drug-likeness (QED) is 0.555. The maximum atomic E-state index is 6.39. The van der Waals surface area contributed by atoms with E-state index in [-0.39, 0.29) is 6.10 Å². The van der Waals surface area contributed by atoms with E-state index in [1.807, 2.05) is 24.3 Å². The third-order valence-electron chi connectivity index (χ3n) is 3.97. The van der Waals surface area contributed by atoms with Crippen LogP contribution in [0.25, 0.3) is 0 Å². The molecule has 0 aliphatic heterocycles. The van der Waals surface area contributed by atoms with Crippen molar-refractivity contribution in [3.63, 3.8) is 0 Å². The summed E-state index contributed by atoms with van der Waals surface area (Å²) in [6.45, 7) is 3.71. The molecule has 2 nitrogen and oxygen atoms in total. The largest absolute Gasteiger partial charge is 0.377 e. The monoisotopic (exact) mass is 385 g/mol. The molecular formula is C19H22Cl3NO. The van der Waals surface area contributed by atoms with E-state index in [9.17, 15) is 0 Å². The number of methoxy groups -OCH3 is 1. The van der Waals surface area contributed by atoms with E-state index in [0.717, 1.165) is 47.6 Å². The van der Waals surface area contributed by atoms with Crippen molar-refractivity contribution >= 4 is 34.8 Å². The first-order valence-electron chi connectivity index (χ1n) is 8.01. The lowest BCUT2D eigenvalue weighted by Crippen LogP contribution is -2.16. The molecule has 0 saturated carbocycles. The molecule has 0 fully saturated rings. The van der Waals surface area contributed by atoms with Crippen LogP contribution in [-0.4, -0.2) is 13.7 Å². The van der Waals surface area contributed by atoms with Gasteiger partial charge in [0.25, 0.3) is 0 Å². The van der Waals surface area contributed by atoms with Crippen molar-refractivity contribution in [3.8, 4) is 0 Å². The minimum absolute atomic E-state index is 0.0502. The van der Waals surface area contributed by atoms with Crippen LogP contribution in [0.1, 0.15) is 36.1 Å². The van der Waals surface area contributed by atoms with Crippen LogP contribution in [0, 0.1) is 0 Å². The molecule has 0 aromatic heterocycles. The van der Waals surface area contributed by atoms with E-state index < -0.39 is 0 Å². The summed E-state index contributed by atoms with van der Waals surface area (Å²) in [6.07, 6.45) is 1.84. The van der Waals surface area contributed by atoms with Crippen molar-refractivity contribution in [2.24, 2.45) is 0 Å². The summed E-state index contributed by atoms with van der Waals surface area (Å²) in [4.78, 5) is 0. The minimum Gasteiger partial charge on any atom is -0.377 e. The average molecular weight is 387 g/mol. The zero-order valence-corrected chi connectivity index (χ0v) is 16.2. The van der Waals surface area contributed by atoms with Crippen molar-refractivity contribution in [1.82, 2.24) is 5.32 Å². The molecule has 0 heterocycles. The zero-order valence-electron chi connectivity index (χ0n) is 13.9. The highest BCUT2D eigenvalue weighted by Gasteiger charge is 2.12. The molecular weight excluding hydrogens is 365 g/mol. The molecule has 0 aliphatic rings. The third kappa shape index (κ3) is 5.37. The van der Waals surface area contributed by atoms with Gasteiger partial charge in [-0.1, -0.05) is 59.9 Å². The Hall–Kier alpha value is -0.770. The number of hydrogen-bond acceptors (Lipinski definition) is 2. The summed E-state index contributed by atoms with van der Waals surface area (Å²) in [5.74, 6) is 0. The average Bonchev–Trinajstić information content (AvgIpc) is 2.57. The maximum Gasteiger partial charge on any atom is 0.0832 e. The predicted molar refractivity (Wildman–Crippen MR) is 103 cm³/mol. The van der Waals surface area contributed by atoms with Crippen molar-refractivity contribution in [1.29, 1.82) is 0 Å². The van der Waals surface area contributed by atoms with Crippen LogP contribution in [0.4, 0.5) is 0 Å².